The van der Waals surface area contributed by atoms with Crippen LogP contribution in [0.2, 0.25) is 0 Å². The van der Waals surface area contributed by atoms with Gasteiger partial charge in [-0.3, -0.25) is 15.4 Å². The zero-order valence-electron chi connectivity index (χ0n) is 14.7. The van der Waals surface area contributed by atoms with Gasteiger partial charge in [-0.1, -0.05) is 27.2 Å². The highest BCUT2D eigenvalue weighted by Crippen LogP contribution is 2.24. The highest BCUT2D eigenvalue weighted by Gasteiger charge is 2.29. The molecule has 3 N–H and O–H groups in total. The first-order valence-corrected chi connectivity index (χ1v) is 8.47. The summed E-state index contributed by atoms with van der Waals surface area (Å²) in [4.78, 5) is 14.9. The first kappa shape index (κ1) is 18.9. The molecule has 1 aromatic carbocycles. The van der Waals surface area contributed by atoms with Gasteiger partial charge in [-0.05, 0) is 37.6 Å². The first-order valence-electron chi connectivity index (χ1n) is 8.47. The van der Waals surface area contributed by atoms with Gasteiger partial charge in [0.1, 0.15) is 5.66 Å². The van der Waals surface area contributed by atoms with Crippen LogP contribution >= 0.6 is 0 Å². The van der Waals surface area contributed by atoms with E-state index in [1.807, 2.05) is 13.8 Å². The van der Waals surface area contributed by atoms with Crippen LogP contribution in [0.3, 0.4) is 0 Å². The summed E-state index contributed by atoms with van der Waals surface area (Å²) in [6.45, 7) is 6.89. The third-order valence-electron chi connectivity index (χ3n) is 3.95. The Morgan fingerprint density at radius 3 is 2.72 bits per heavy atom. The number of nitrogens with one attached hydrogen (secondary N) is 3. The third kappa shape index (κ3) is 4.54. The maximum absolute atomic E-state index is 13.5. The molecule has 0 spiro atoms. The van der Waals surface area contributed by atoms with Gasteiger partial charge in [0.15, 0.2) is 0 Å². The Hall–Kier alpha value is -2.48. The van der Waals surface area contributed by atoms with E-state index < -0.39 is 22.1 Å². The van der Waals surface area contributed by atoms with Crippen LogP contribution in [0.25, 0.3) is 0 Å². The molecule has 7 nitrogen and oxygen atoms in total. The topological polar surface area (TPSA) is 91.6 Å². The third-order valence-corrected chi connectivity index (χ3v) is 3.95. The fourth-order valence-corrected chi connectivity index (χ4v) is 2.77. The summed E-state index contributed by atoms with van der Waals surface area (Å²) in [5.41, 5.74) is 0.330. The summed E-state index contributed by atoms with van der Waals surface area (Å²) < 4.78 is 13.5. The fraction of sp³-hybridized carbons (Fsp3) is 0.471. The number of hydrogen-bond acceptors (Lipinski definition) is 6. The van der Waals surface area contributed by atoms with E-state index in [0.717, 1.165) is 43.6 Å². The minimum absolute atomic E-state index is 0.401. The van der Waals surface area contributed by atoms with Gasteiger partial charge in [-0.25, -0.2) is 4.99 Å². The SMILES string of the molecule is CCCC1=CC(CC)(NCC)N=C(Nc2ccc(F)c([N+](=O)[O-])c2)N1. The minimum Gasteiger partial charge on any atom is -0.330 e. The molecule has 0 fully saturated rings. The summed E-state index contributed by atoms with van der Waals surface area (Å²) in [6.07, 6.45) is 4.67. The van der Waals surface area contributed by atoms with E-state index >= 15 is 0 Å². The van der Waals surface area contributed by atoms with Crippen LogP contribution in [-0.2, 0) is 0 Å². The molecule has 1 aromatic rings. The Morgan fingerprint density at radius 1 is 1.36 bits per heavy atom. The summed E-state index contributed by atoms with van der Waals surface area (Å²) in [7, 11) is 0. The number of nitro benzene ring substituents is 1. The number of halogens is 1. The van der Waals surface area contributed by atoms with Crippen molar-refractivity contribution in [1.82, 2.24) is 10.6 Å². The number of allylic oxidation sites excluding steroid dienone is 1. The molecular weight excluding hydrogens is 325 g/mol. The molecule has 1 aliphatic heterocycles. The van der Waals surface area contributed by atoms with Crippen LogP contribution in [-0.4, -0.2) is 23.1 Å². The summed E-state index contributed by atoms with van der Waals surface area (Å²) >= 11 is 0. The smallest absolute Gasteiger partial charge is 0.306 e. The largest absolute Gasteiger partial charge is 0.330 e. The quantitative estimate of drug-likeness (QED) is 0.517. The van der Waals surface area contributed by atoms with Crippen LogP contribution < -0.4 is 16.0 Å². The van der Waals surface area contributed by atoms with Gasteiger partial charge in [0.25, 0.3) is 0 Å². The number of hydrogen-bond donors (Lipinski definition) is 3. The number of nitrogens with zero attached hydrogens (tertiary/aromatic N) is 2. The molecule has 0 saturated carbocycles. The van der Waals surface area contributed by atoms with Crippen molar-refractivity contribution in [3.63, 3.8) is 0 Å². The summed E-state index contributed by atoms with van der Waals surface area (Å²) in [5, 5.41) is 20.5. The van der Waals surface area contributed by atoms with Crippen molar-refractivity contribution in [2.75, 3.05) is 11.9 Å². The van der Waals surface area contributed by atoms with Crippen molar-refractivity contribution in [1.29, 1.82) is 0 Å². The number of rotatable bonds is 7. The van der Waals surface area contributed by atoms with E-state index in [9.17, 15) is 14.5 Å². The van der Waals surface area contributed by atoms with Gasteiger partial charge < -0.3 is 10.6 Å². The van der Waals surface area contributed by atoms with Gasteiger partial charge in [0.2, 0.25) is 11.8 Å². The van der Waals surface area contributed by atoms with Crippen LogP contribution in [0.5, 0.6) is 0 Å². The maximum atomic E-state index is 13.5. The zero-order chi connectivity index (χ0) is 18.4. The molecule has 1 unspecified atom stereocenters. The number of anilines is 1. The van der Waals surface area contributed by atoms with Crippen molar-refractivity contribution in [2.45, 2.75) is 45.7 Å². The van der Waals surface area contributed by atoms with Crippen molar-refractivity contribution in [3.05, 3.63) is 45.9 Å². The molecule has 0 aliphatic carbocycles. The second-order valence-corrected chi connectivity index (χ2v) is 5.86. The normalized spacial score (nSPS) is 19.7. The number of nitro groups is 1. The number of benzene rings is 1. The van der Waals surface area contributed by atoms with Gasteiger partial charge in [-0.15, -0.1) is 0 Å². The fourth-order valence-electron chi connectivity index (χ4n) is 2.77. The number of aliphatic imine (C=N–C) groups is 1. The molecule has 0 amide bonds. The first-order chi connectivity index (χ1) is 11.9. The monoisotopic (exact) mass is 349 g/mol. The van der Waals surface area contributed by atoms with E-state index in [2.05, 4.69) is 33.9 Å². The van der Waals surface area contributed by atoms with Gasteiger partial charge in [0.05, 0.1) is 4.92 Å². The lowest BCUT2D eigenvalue weighted by atomic mass is 10.0. The highest BCUT2D eigenvalue weighted by atomic mass is 19.1. The second-order valence-electron chi connectivity index (χ2n) is 5.86. The van der Waals surface area contributed by atoms with Crippen molar-refractivity contribution < 1.29 is 9.31 Å². The van der Waals surface area contributed by atoms with E-state index in [1.54, 1.807) is 0 Å². The highest BCUT2D eigenvalue weighted by molar-refractivity contribution is 5.96. The standard InChI is InChI=1S/C17H24FN5O2/c1-4-7-13-11-17(5-2,19-6-3)22-16(21-13)20-12-8-9-14(18)15(10-12)23(24)25/h8-11,19H,4-7H2,1-3H3,(H2,20,21,22). The lowest BCUT2D eigenvalue weighted by Gasteiger charge is -2.33. The van der Waals surface area contributed by atoms with E-state index in [0.29, 0.717) is 11.6 Å². The lowest BCUT2D eigenvalue weighted by molar-refractivity contribution is -0.387. The molecule has 136 valence electrons. The molecule has 0 bridgehead atoms. The molecule has 0 radical (unpaired) electrons. The van der Waals surface area contributed by atoms with E-state index in [1.165, 1.54) is 6.07 Å². The van der Waals surface area contributed by atoms with Crippen LogP contribution in [0.1, 0.15) is 40.0 Å². The van der Waals surface area contributed by atoms with Crippen molar-refractivity contribution >= 4 is 17.3 Å². The molecule has 1 atom stereocenters. The average molecular weight is 349 g/mol. The minimum atomic E-state index is -0.865. The molecule has 1 heterocycles. The number of guanidine groups is 1. The van der Waals surface area contributed by atoms with Crippen LogP contribution in [0, 0.1) is 15.9 Å². The Kier molecular flexibility index (Phi) is 6.08. The Labute approximate surface area is 146 Å². The molecule has 25 heavy (non-hydrogen) atoms. The Bertz CT molecular complexity index is 704. The zero-order valence-corrected chi connectivity index (χ0v) is 14.7. The number of likely N-dealkylation sites (N-methyl/N-ethyl adjacent to an activating group) is 1. The van der Waals surface area contributed by atoms with Crippen LogP contribution in [0.4, 0.5) is 15.8 Å². The Morgan fingerprint density at radius 2 is 2.12 bits per heavy atom. The maximum Gasteiger partial charge on any atom is 0.306 e. The molecule has 1 aliphatic rings. The molecule has 2 rings (SSSR count). The molecular formula is C17H24FN5O2. The Balaban J connectivity index is 2.31. The lowest BCUT2D eigenvalue weighted by Crippen LogP contribution is -2.48. The summed E-state index contributed by atoms with van der Waals surface area (Å²) in [5.74, 6) is -0.383. The van der Waals surface area contributed by atoms with Crippen LogP contribution in [0.15, 0.2) is 35.0 Å². The van der Waals surface area contributed by atoms with Gasteiger partial charge in [-0.2, -0.15) is 4.39 Å². The molecule has 0 saturated heterocycles. The molecule has 0 aromatic heterocycles. The molecule has 8 heteroatoms. The summed E-state index contributed by atoms with van der Waals surface area (Å²) in [6, 6.07) is 3.69. The predicted octanol–water partition coefficient (Wildman–Crippen LogP) is 3.50. The van der Waals surface area contributed by atoms with Crippen molar-refractivity contribution in [2.24, 2.45) is 4.99 Å². The van der Waals surface area contributed by atoms with Gasteiger partial charge in [0, 0.05) is 17.5 Å². The predicted molar refractivity (Wildman–Crippen MR) is 96.9 cm³/mol. The van der Waals surface area contributed by atoms with Crippen molar-refractivity contribution in [3.8, 4) is 0 Å². The van der Waals surface area contributed by atoms with E-state index in [-0.39, 0.29) is 0 Å². The van der Waals surface area contributed by atoms with Gasteiger partial charge >= 0.3 is 5.69 Å². The van der Waals surface area contributed by atoms with E-state index in [4.69, 9.17) is 0 Å². The average Bonchev–Trinajstić information content (AvgIpc) is 2.57. The second kappa shape index (κ2) is 8.06.